The molecule has 1 fully saturated rings. The summed E-state index contributed by atoms with van der Waals surface area (Å²) in [5, 5.41) is 25.6. The van der Waals surface area contributed by atoms with Crippen LogP contribution in [-0.2, 0) is 13.0 Å². The van der Waals surface area contributed by atoms with E-state index in [2.05, 4.69) is 44.2 Å². The Morgan fingerprint density at radius 3 is 2.83 bits per heavy atom. The molecule has 2 aliphatic rings. The Bertz CT molecular complexity index is 575. The van der Waals surface area contributed by atoms with Gasteiger partial charge >= 0.3 is 0 Å². The fraction of sp³-hybridized carbons (Fsp3) is 0.812. The van der Waals surface area contributed by atoms with Gasteiger partial charge in [0.15, 0.2) is 5.96 Å². The van der Waals surface area contributed by atoms with Crippen molar-refractivity contribution in [2.75, 3.05) is 13.6 Å². The lowest BCUT2D eigenvalue weighted by molar-refractivity contribution is -0.0279. The SMILES string of the molecule is CN=C(NCC1(O)CCC1)NC1CCc2nnc(C(C)C)n2C1. The van der Waals surface area contributed by atoms with Crippen molar-refractivity contribution in [3.8, 4) is 0 Å². The first-order valence-corrected chi connectivity index (χ1v) is 8.62. The summed E-state index contributed by atoms with van der Waals surface area (Å²) in [5.41, 5.74) is -0.545. The highest BCUT2D eigenvalue weighted by Gasteiger charge is 2.34. The molecule has 2 heterocycles. The number of nitrogens with zero attached hydrogens (tertiary/aromatic N) is 4. The maximum atomic E-state index is 10.2. The van der Waals surface area contributed by atoms with Crippen LogP contribution in [0.2, 0.25) is 0 Å². The van der Waals surface area contributed by atoms with Gasteiger partial charge in [0.25, 0.3) is 0 Å². The van der Waals surface area contributed by atoms with E-state index in [0.717, 1.165) is 56.3 Å². The number of guanidine groups is 1. The van der Waals surface area contributed by atoms with E-state index in [0.29, 0.717) is 18.5 Å². The molecule has 3 rings (SSSR count). The summed E-state index contributed by atoms with van der Waals surface area (Å²) in [4.78, 5) is 4.29. The zero-order chi connectivity index (χ0) is 16.4. The highest BCUT2D eigenvalue weighted by molar-refractivity contribution is 5.80. The molecule has 0 saturated heterocycles. The smallest absolute Gasteiger partial charge is 0.191 e. The van der Waals surface area contributed by atoms with Crippen molar-refractivity contribution in [2.45, 2.75) is 70.1 Å². The first kappa shape index (κ1) is 16.2. The Balaban J connectivity index is 1.58. The average molecular weight is 320 g/mol. The van der Waals surface area contributed by atoms with Crippen LogP contribution in [0.1, 0.15) is 57.1 Å². The van der Waals surface area contributed by atoms with Crippen LogP contribution in [0.25, 0.3) is 0 Å². The minimum Gasteiger partial charge on any atom is -0.388 e. The molecule has 23 heavy (non-hydrogen) atoms. The van der Waals surface area contributed by atoms with Crippen LogP contribution in [-0.4, -0.2) is 51.1 Å². The number of rotatable bonds is 4. The first-order chi connectivity index (χ1) is 11.0. The molecule has 1 atom stereocenters. The van der Waals surface area contributed by atoms with Crippen LogP contribution in [0.4, 0.5) is 0 Å². The van der Waals surface area contributed by atoms with Crippen LogP contribution in [0, 0.1) is 0 Å². The van der Waals surface area contributed by atoms with E-state index in [1.807, 2.05) is 0 Å². The van der Waals surface area contributed by atoms with Gasteiger partial charge in [0, 0.05) is 38.5 Å². The van der Waals surface area contributed by atoms with Gasteiger partial charge in [-0.15, -0.1) is 10.2 Å². The lowest BCUT2D eigenvalue weighted by Crippen LogP contribution is -2.53. The molecule has 1 aliphatic heterocycles. The lowest BCUT2D eigenvalue weighted by atomic mass is 9.80. The van der Waals surface area contributed by atoms with Crippen molar-refractivity contribution in [3.63, 3.8) is 0 Å². The average Bonchev–Trinajstić information content (AvgIpc) is 2.92. The monoisotopic (exact) mass is 320 g/mol. The molecular formula is C16H28N6O. The molecule has 3 N–H and O–H groups in total. The maximum absolute atomic E-state index is 10.2. The number of aryl methyl sites for hydroxylation is 1. The van der Waals surface area contributed by atoms with Crippen molar-refractivity contribution in [3.05, 3.63) is 11.6 Å². The number of aliphatic imine (C=N–C) groups is 1. The largest absolute Gasteiger partial charge is 0.388 e. The summed E-state index contributed by atoms with van der Waals surface area (Å²) in [6.07, 6.45) is 4.81. The third-order valence-electron chi connectivity index (χ3n) is 4.93. The molecule has 1 saturated carbocycles. The second kappa shape index (κ2) is 6.47. The molecule has 0 bridgehead atoms. The van der Waals surface area contributed by atoms with Gasteiger partial charge in [-0.1, -0.05) is 13.8 Å². The molecule has 0 spiro atoms. The summed E-state index contributed by atoms with van der Waals surface area (Å²) >= 11 is 0. The number of hydrogen-bond acceptors (Lipinski definition) is 4. The van der Waals surface area contributed by atoms with E-state index in [4.69, 9.17) is 0 Å². The van der Waals surface area contributed by atoms with Gasteiger partial charge in [0.1, 0.15) is 11.6 Å². The molecule has 0 aromatic carbocycles. The van der Waals surface area contributed by atoms with Crippen molar-refractivity contribution < 1.29 is 5.11 Å². The predicted molar refractivity (Wildman–Crippen MR) is 89.5 cm³/mol. The summed E-state index contributed by atoms with van der Waals surface area (Å²) in [6, 6.07) is 0.304. The van der Waals surface area contributed by atoms with Gasteiger partial charge in [-0.2, -0.15) is 0 Å². The highest BCUT2D eigenvalue weighted by atomic mass is 16.3. The van der Waals surface area contributed by atoms with Crippen molar-refractivity contribution >= 4 is 5.96 Å². The minimum atomic E-state index is -0.545. The van der Waals surface area contributed by atoms with E-state index < -0.39 is 5.60 Å². The van der Waals surface area contributed by atoms with E-state index in [9.17, 15) is 5.11 Å². The fourth-order valence-electron chi connectivity index (χ4n) is 3.29. The molecule has 0 radical (unpaired) electrons. The van der Waals surface area contributed by atoms with Crippen LogP contribution in [0.3, 0.4) is 0 Å². The third kappa shape index (κ3) is 3.49. The Labute approximate surface area is 137 Å². The van der Waals surface area contributed by atoms with Gasteiger partial charge in [-0.3, -0.25) is 4.99 Å². The zero-order valence-corrected chi connectivity index (χ0v) is 14.3. The number of aromatic nitrogens is 3. The summed E-state index contributed by atoms with van der Waals surface area (Å²) < 4.78 is 2.23. The molecular weight excluding hydrogens is 292 g/mol. The van der Waals surface area contributed by atoms with Gasteiger partial charge in [-0.05, 0) is 25.7 Å². The molecule has 1 aromatic heterocycles. The quantitative estimate of drug-likeness (QED) is 0.564. The van der Waals surface area contributed by atoms with E-state index in [1.165, 1.54) is 0 Å². The number of hydrogen-bond donors (Lipinski definition) is 3. The van der Waals surface area contributed by atoms with Gasteiger partial charge < -0.3 is 20.3 Å². The Morgan fingerprint density at radius 2 is 2.22 bits per heavy atom. The Kier molecular flexibility index (Phi) is 4.57. The van der Waals surface area contributed by atoms with Crippen molar-refractivity contribution in [1.29, 1.82) is 0 Å². The maximum Gasteiger partial charge on any atom is 0.191 e. The van der Waals surface area contributed by atoms with Crippen LogP contribution >= 0.6 is 0 Å². The molecule has 7 heteroatoms. The van der Waals surface area contributed by atoms with Crippen LogP contribution in [0.15, 0.2) is 4.99 Å². The molecule has 7 nitrogen and oxygen atoms in total. The predicted octanol–water partition coefficient (Wildman–Crippen LogP) is 0.796. The van der Waals surface area contributed by atoms with Crippen LogP contribution < -0.4 is 10.6 Å². The molecule has 1 aromatic rings. The van der Waals surface area contributed by atoms with Gasteiger partial charge in [0.2, 0.25) is 0 Å². The third-order valence-corrected chi connectivity index (χ3v) is 4.93. The van der Waals surface area contributed by atoms with Gasteiger partial charge in [-0.25, -0.2) is 0 Å². The van der Waals surface area contributed by atoms with Crippen LogP contribution in [0.5, 0.6) is 0 Å². The normalized spacial score (nSPS) is 23.3. The Hall–Kier alpha value is -1.63. The number of aliphatic hydroxyl groups is 1. The summed E-state index contributed by atoms with van der Waals surface area (Å²) in [7, 11) is 1.77. The molecule has 1 unspecified atom stereocenters. The summed E-state index contributed by atoms with van der Waals surface area (Å²) in [5.74, 6) is 3.27. The minimum absolute atomic E-state index is 0.304. The molecule has 0 amide bonds. The zero-order valence-electron chi connectivity index (χ0n) is 14.3. The molecule has 128 valence electrons. The lowest BCUT2D eigenvalue weighted by Gasteiger charge is -2.37. The standard InChI is InChI=1S/C16H28N6O/c1-11(2)14-21-20-13-6-5-12(9-22(13)14)19-15(17-3)18-10-16(23)7-4-8-16/h11-12,23H,4-10H2,1-3H3,(H2,17,18,19). The van der Waals surface area contributed by atoms with E-state index in [-0.39, 0.29) is 0 Å². The highest BCUT2D eigenvalue weighted by Crippen LogP contribution is 2.30. The Morgan fingerprint density at radius 1 is 1.43 bits per heavy atom. The van der Waals surface area contributed by atoms with Crippen molar-refractivity contribution in [2.24, 2.45) is 4.99 Å². The second-order valence-corrected chi connectivity index (χ2v) is 7.12. The molecule has 1 aliphatic carbocycles. The van der Waals surface area contributed by atoms with E-state index >= 15 is 0 Å². The number of nitrogens with one attached hydrogen (secondary N) is 2. The van der Waals surface area contributed by atoms with Gasteiger partial charge in [0.05, 0.1) is 5.60 Å². The van der Waals surface area contributed by atoms with Crippen molar-refractivity contribution in [1.82, 2.24) is 25.4 Å². The fourth-order valence-corrected chi connectivity index (χ4v) is 3.29. The second-order valence-electron chi connectivity index (χ2n) is 7.12. The number of fused-ring (bicyclic) bond motifs is 1. The summed E-state index contributed by atoms with van der Waals surface area (Å²) in [6.45, 7) is 5.72. The topological polar surface area (TPSA) is 87.4 Å². The van der Waals surface area contributed by atoms with E-state index in [1.54, 1.807) is 7.05 Å². The first-order valence-electron chi connectivity index (χ1n) is 8.62.